The third-order valence-corrected chi connectivity index (χ3v) is 7.29. The number of urea groups is 1. The van der Waals surface area contributed by atoms with Gasteiger partial charge in [0.25, 0.3) is 11.8 Å². The number of nitrogens with zero attached hydrogens (tertiary/aromatic N) is 1. The van der Waals surface area contributed by atoms with Crippen molar-refractivity contribution in [3.63, 3.8) is 0 Å². The molecule has 0 spiro atoms. The summed E-state index contributed by atoms with van der Waals surface area (Å²) in [5, 5.41) is 16.2. The first-order valence-corrected chi connectivity index (χ1v) is 16.0. The summed E-state index contributed by atoms with van der Waals surface area (Å²) in [6.45, 7) is 5.06. The molecule has 0 aromatic heterocycles. The fourth-order valence-corrected chi connectivity index (χ4v) is 4.62. The highest BCUT2D eigenvalue weighted by molar-refractivity contribution is 6.12. The van der Waals surface area contributed by atoms with Crippen LogP contribution in [0.5, 0.6) is 0 Å². The molecule has 16 nitrogen and oxygen atoms in total. The fraction of sp³-hybridized carbons (Fsp3) is 0.531. The van der Waals surface area contributed by atoms with Crippen LogP contribution < -0.4 is 37.6 Å². The average Bonchev–Trinajstić information content (AvgIpc) is 3.36. The van der Waals surface area contributed by atoms with Gasteiger partial charge in [0.15, 0.2) is 0 Å². The Morgan fingerprint density at radius 3 is 2.15 bits per heavy atom. The Balaban J connectivity index is 1.92. The van der Waals surface area contributed by atoms with Gasteiger partial charge in [-0.05, 0) is 56.3 Å². The summed E-state index contributed by atoms with van der Waals surface area (Å²) in [7, 11) is 1.77. The predicted molar refractivity (Wildman–Crippen MR) is 177 cm³/mol. The third kappa shape index (κ3) is 14.6. The lowest BCUT2D eigenvalue weighted by Crippen LogP contribution is -2.54. The van der Waals surface area contributed by atoms with Gasteiger partial charge in [0, 0.05) is 50.4 Å². The first-order chi connectivity index (χ1) is 22.9. The van der Waals surface area contributed by atoms with Gasteiger partial charge in [-0.15, -0.1) is 0 Å². The van der Waals surface area contributed by atoms with E-state index >= 15 is 0 Å². The van der Waals surface area contributed by atoms with E-state index in [0.29, 0.717) is 50.0 Å². The molecule has 0 unspecified atom stereocenters. The monoisotopic (exact) mass is 672 g/mol. The van der Waals surface area contributed by atoms with E-state index in [4.69, 9.17) is 10.5 Å². The van der Waals surface area contributed by atoms with Crippen LogP contribution >= 0.6 is 0 Å². The number of anilines is 1. The van der Waals surface area contributed by atoms with Crippen molar-refractivity contribution < 1.29 is 38.3 Å². The number of alkyl carbamates (subject to hydrolysis) is 1. The van der Waals surface area contributed by atoms with Crippen molar-refractivity contribution in [1.82, 2.24) is 31.5 Å². The second-order valence-corrected chi connectivity index (χ2v) is 11.5. The molecule has 0 fully saturated rings. The lowest BCUT2D eigenvalue weighted by atomic mass is 10.0. The van der Waals surface area contributed by atoms with E-state index in [9.17, 15) is 33.6 Å². The van der Waals surface area contributed by atoms with Crippen LogP contribution in [0.1, 0.15) is 57.9 Å². The molecule has 0 bridgehead atoms. The molecule has 0 saturated carbocycles. The van der Waals surface area contributed by atoms with Gasteiger partial charge in [-0.1, -0.05) is 32.4 Å². The minimum Gasteiger partial charge on any atom is -0.445 e. The lowest BCUT2D eigenvalue weighted by Gasteiger charge is -2.25. The first-order valence-electron chi connectivity index (χ1n) is 16.0. The molecule has 0 radical (unpaired) electrons. The number of likely N-dealkylation sites (N-methyl/N-ethyl adjacent to an activating group) is 1. The maximum Gasteiger partial charge on any atom is 0.407 e. The highest BCUT2D eigenvalue weighted by Crippen LogP contribution is 2.13. The normalized spacial score (nSPS) is 13.5. The van der Waals surface area contributed by atoms with Crippen LogP contribution in [-0.4, -0.2) is 91.9 Å². The zero-order chi connectivity index (χ0) is 35.5. The van der Waals surface area contributed by atoms with Gasteiger partial charge < -0.3 is 42.4 Å². The topological polar surface area (TPSA) is 230 Å². The molecule has 1 aromatic rings. The molecular formula is C32H48N8O8. The highest BCUT2D eigenvalue weighted by Gasteiger charge is 2.29. The predicted octanol–water partition coefficient (Wildman–Crippen LogP) is 0.630. The van der Waals surface area contributed by atoms with Crippen LogP contribution in [-0.2, 0) is 35.3 Å². The van der Waals surface area contributed by atoms with Crippen LogP contribution in [0.2, 0.25) is 0 Å². The maximum absolute atomic E-state index is 13.3. The number of unbranched alkanes of at least 4 members (excludes halogenated alkanes) is 2. The zero-order valence-corrected chi connectivity index (χ0v) is 27.8. The molecule has 16 heteroatoms. The standard InChI is InChI=1S/C32H48N8O8/c1-21(2)28(39-25(41)9-5-4-6-19-40-26(42)14-15-27(40)43)30(45)38-24(8-7-16-35-31(33)46)29(44)37-23-12-10-22(11-13-23)20-48-32(47)36-18-17-34-3/h10-15,21,24,28,34H,4-9,16-20H2,1-3H3,(H,36,47)(H,37,44)(H,38,45)(H,39,41)(H3,33,35,46)/t24-,28-/m0/s1. The second-order valence-electron chi connectivity index (χ2n) is 11.5. The molecule has 8 amide bonds. The summed E-state index contributed by atoms with van der Waals surface area (Å²) in [5.74, 6) is -2.38. The number of rotatable bonds is 21. The Hall–Kier alpha value is -4.99. The summed E-state index contributed by atoms with van der Waals surface area (Å²) in [6.07, 6.45) is 4.19. The number of nitrogens with two attached hydrogens (primary N) is 1. The van der Waals surface area contributed by atoms with E-state index in [2.05, 4.69) is 31.9 Å². The summed E-state index contributed by atoms with van der Waals surface area (Å²) in [5.41, 5.74) is 6.28. The number of imide groups is 1. The molecule has 0 saturated heterocycles. The van der Waals surface area contributed by atoms with E-state index < -0.39 is 36.0 Å². The SMILES string of the molecule is CNCCNC(=O)OCc1ccc(NC(=O)[C@H](CCCNC(N)=O)NC(=O)[C@@H](NC(=O)CCCCCN2C(=O)C=CC2=O)C(C)C)cc1. The molecule has 8 N–H and O–H groups in total. The molecule has 264 valence electrons. The largest absolute Gasteiger partial charge is 0.445 e. The van der Waals surface area contributed by atoms with Crippen LogP contribution in [0, 0.1) is 5.92 Å². The van der Waals surface area contributed by atoms with Crippen molar-refractivity contribution in [2.45, 2.75) is 71.1 Å². The van der Waals surface area contributed by atoms with Crippen molar-refractivity contribution >= 4 is 47.3 Å². The smallest absolute Gasteiger partial charge is 0.407 e. The van der Waals surface area contributed by atoms with Crippen molar-refractivity contribution in [3.8, 4) is 0 Å². The van der Waals surface area contributed by atoms with Gasteiger partial charge in [-0.3, -0.25) is 28.9 Å². The van der Waals surface area contributed by atoms with E-state index in [1.165, 1.54) is 12.2 Å². The minimum absolute atomic E-state index is 0.0335. The quantitative estimate of drug-likeness (QED) is 0.0716. The number of hydrogen-bond acceptors (Lipinski definition) is 9. The minimum atomic E-state index is -1.000. The second kappa shape index (κ2) is 21.0. The fourth-order valence-electron chi connectivity index (χ4n) is 4.62. The molecule has 1 aromatic carbocycles. The van der Waals surface area contributed by atoms with Crippen molar-refractivity contribution in [2.75, 3.05) is 38.5 Å². The Bertz CT molecular complexity index is 1280. The van der Waals surface area contributed by atoms with Gasteiger partial charge in [0.1, 0.15) is 18.7 Å². The molecule has 1 heterocycles. The van der Waals surface area contributed by atoms with E-state index in [-0.39, 0.29) is 56.2 Å². The van der Waals surface area contributed by atoms with Crippen molar-refractivity contribution in [3.05, 3.63) is 42.0 Å². The van der Waals surface area contributed by atoms with Gasteiger partial charge in [0.2, 0.25) is 17.7 Å². The Morgan fingerprint density at radius 1 is 0.833 bits per heavy atom. The molecule has 48 heavy (non-hydrogen) atoms. The summed E-state index contributed by atoms with van der Waals surface area (Å²) in [4.78, 5) is 86.7. The summed E-state index contributed by atoms with van der Waals surface area (Å²) in [6, 6.07) is 4.02. The van der Waals surface area contributed by atoms with Gasteiger partial charge in [-0.2, -0.15) is 0 Å². The molecule has 1 aliphatic heterocycles. The van der Waals surface area contributed by atoms with Crippen LogP contribution in [0.4, 0.5) is 15.3 Å². The number of primary amides is 1. The molecule has 2 atom stereocenters. The van der Waals surface area contributed by atoms with Crippen molar-refractivity contribution in [1.29, 1.82) is 0 Å². The van der Waals surface area contributed by atoms with Crippen molar-refractivity contribution in [2.24, 2.45) is 11.7 Å². The highest BCUT2D eigenvalue weighted by atomic mass is 16.5. The van der Waals surface area contributed by atoms with Crippen LogP contribution in [0.15, 0.2) is 36.4 Å². The van der Waals surface area contributed by atoms with Gasteiger partial charge in [-0.25, -0.2) is 9.59 Å². The maximum atomic E-state index is 13.3. The Morgan fingerprint density at radius 2 is 1.52 bits per heavy atom. The number of benzene rings is 1. The Kier molecular flexibility index (Phi) is 17.1. The van der Waals surface area contributed by atoms with E-state index in [1.807, 2.05) is 0 Å². The van der Waals surface area contributed by atoms with Crippen LogP contribution in [0.3, 0.4) is 0 Å². The number of amides is 8. The first kappa shape index (κ1) is 39.2. The van der Waals surface area contributed by atoms with E-state index in [1.54, 1.807) is 45.2 Å². The summed E-state index contributed by atoms with van der Waals surface area (Å²) >= 11 is 0. The van der Waals surface area contributed by atoms with Crippen LogP contribution in [0.25, 0.3) is 0 Å². The Labute approximate surface area is 280 Å². The summed E-state index contributed by atoms with van der Waals surface area (Å²) < 4.78 is 5.17. The third-order valence-electron chi connectivity index (χ3n) is 7.29. The number of ether oxygens (including phenoxy) is 1. The number of hydrogen-bond donors (Lipinski definition) is 7. The number of nitrogens with one attached hydrogen (secondary N) is 6. The number of carbonyl (C=O) groups is 7. The lowest BCUT2D eigenvalue weighted by molar-refractivity contribution is -0.137. The zero-order valence-electron chi connectivity index (χ0n) is 27.8. The van der Waals surface area contributed by atoms with Gasteiger partial charge >= 0.3 is 12.1 Å². The number of carbonyl (C=O) groups excluding carboxylic acids is 7. The molecule has 0 aliphatic carbocycles. The van der Waals surface area contributed by atoms with Gasteiger partial charge in [0.05, 0.1) is 0 Å². The molecule has 1 aliphatic rings. The molecule has 2 rings (SSSR count). The molecular weight excluding hydrogens is 624 g/mol. The van der Waals surface area contributed by atoms with E-state index in [0.717, 1.165) is 4.90 Å². The average molecular weight is 673 g/mol.